The minimum atomic E-state index is -0.818. The molecule has 1 aliphatic rings. The second kappa shape index (κ2) is 7.38. The maximum absolute atomic E-state index is 12.8. The molecule has 7 nitrogen and oxygen atoms in total. The van der Waals surface area contributed by atoms with Gasteiger partial charge in [-0.25, -0.2) is 9.97 Å². The van der Waals surface area contributed by atoms with Gasteiger partial charge in [0, 0.05) is 11.1 Å². The summed E-state index contributed by atoms with van der Waals surface area (Å²) in [7, 11) is 0. The van der Waals surface area contributed by atoms with Crippen LogP contribution in [-0.4, -0.2) is 15.9 Å². The quantitative estimate of drug-likeness (QED) is 0.517. The van der Waals surface area contributed by atoms with Crippen LogP contribution in [0, 0.1) is 0 Å². The lowest BCUT2D eigenvalue weighted by Gasteiger charge is -2.15. The zero-order chi connectivity index (χ0) is 19.7. The van der Waals surface area contributed by atoms with Crippen molar-refractivity contribution >= 4 is 11.7 Å². The molecule has 1 amide bonds. The first-order valence-electron chi connectivity index (χ1n) is 9.15. The number of hydrogen-bond acceptors (Lipinski definition) is 6. The third-order valence-corrected chi connectivity index (χ3v) is 5.00. The number of amides is 1. The van der Waals surface area contributed by atoms with Gasteiger partial charge in [-0.3, -0.25) is 4.79 Å². The second-order valence-corrected chi connectivity index (χ2v) is 6.90. The molecule has 0 radical (unpaired) electrons. The monoisotopic (exact) mass is 374 g/mol. The maximum Gasteiger partial charge on any atom is 0.251 e. The van der Waals surface area contributed by atoms with Gasteiger partial charge in [-0.2, -0.15) is 0 Å². The fraction of sp³-hybridized carbons (Fsp3) is 0.190. The number of hydrogen-bond donors (Lipinski definition) is 4. The van der Waals surface area contributed by atoms with E-state index >= 15 is 0 Å². The molecule has 142 valence electrons. The molecule has 0 saturated heterocycles. The highest BCUT2D eigenvalue weighted by Gasteiger charge is 2.24. The molecule has 0 unspecified atom stereocenters. The summed E-state index contributed by atoms with van der Waals surface area (Å²) in [5.74, 6) is 0.0789. The highest BCUT2D eigenvalue weighted by atomic mass is 16.1. The van der Waals surface area contributed by atoms with E-state index < -0.39 is 6.17 Å². The Kier molecular flexibility index (Phi) is 4.77. The van der Waals surface area contributed by atoms with E-state index in [1.807, 2.05) is 24.3 Å². The van der Waals surface area contributed by atoms with E-state index in [1.54, 1.807) is 18.3 Å². The number of carbonyl (C=O) groups excluding carboxylic acids is 1. The first-order valence-corrected chi connectivity index (χ1v) is 9.15. The van der Waals surface area contributed by atoms with E-state index in [2.05, 4.69) is 27.4 Å². The van der Waals surface area contributed by atoms with Gasteiger partial charge in [0.15, 0.2) is 0 Å². The van der Waals surface area contributed by atoms with E-state index in [0.29, 0.717) is 17.0 Å². The Balaban J connectivity index is 1.58. The van der Waals surface area contributed by atoms with Gasteiger partial charge in [-0.15, -0.1) is 0 Å². The number of nitrogens with two attached hydrogens (primary N) is 3. The van der Waals surface area contributed by atoms with Crippen LogP contribution in [0.5, 0.6) is 0 Å². The summed E-state index contributed by atoms with van der Waals surface area (Å²) >= 11 is 0. The number of nitrogens with zero attached hydrogens (tertiary/aromatic N) is 2. The highest BCUT2D eigenvalue weighted by molar-refractivity contribution is 5.95. The summed E-state index contributed by atoms with van der Waals surface area (Å²) in [6.07, 6.45) is 2.61. The summed E-state index contributed by atoms with van der Waals surface area (Å²) < 4.78 is 0. The molecule has 2 aromatic carbocycles. The van der Waals surface area contributed by atoms with Crippen molar-refractivity contribution in [1.29, 1.82) is 0 Å². The Morgan fingerprint density at radius 2 is 1.96 bits per heavy atom. The predicted octanol–water partition coefficient (Wildman–Crippen LogP) is 2.06. The van der Waals surface area contributed by atoms with Gasteiger partial charge < -0.3 is 22.5 Å². The molecular weight excluding hydrogens is 352 g/mol. The van der Waals surface area contributed by atoms with Crippen LogP contribution in [0.2, 0.25) is 0 Å². The molecule has 0 fully saturated rings. The maximum atomic E-state index is 12.8. The zero-order valence-corrected chi connectivity index (χ0v) is 15.3. The Morgan fingerprint density at radius 1 is 1.14 bits per heavy atom. The summed E-state index contributed by atoms with van der Waals surface area (Å²) in [6.45, 7) is 0. The Morgan fingerprint density at radius 3 is 2.79 bits per heavy atom. The highest BCUT2D eigenvalue weighted by Crippen LogP contribution is 2.31. The standard InChI is InChI=1S/C21H22N6O/c22-19(23)18-20(24)25-11-17(26-18)13-5-3-6-14(10-13)21(28)27-16-9-8-12-4-1-2-7-15(12)16/h1-7,10-11,16,19H,8-9,22-23H2,(H2,24,25)(H,27,28)/t16-/m0/s1. The van der Waals surface area contributed by atoms with Gasteiger partial charge in [0.05, 0.1) is 24.1 Å². The average molecular weight is 374 g/mol. The molecule has 1 atom stereocenters. The zero-order valence-electron chi connectivity index (χ0n) is 15.3. The van der Waals surface area contributed by atoms with Crippen LogP contribution in [-0.2, 0) is 6.42 Å². The number of aryl methyl sites for hydroxylation is 1. The van der Waals surface area contributed by atoms with Gasteiger partial charge in [0.2, 0.25) is 0 Å². The number of fused-ring (bicyclic) bond motifs is 1. The number of rotatable bonds is 4. The molecule has 3 aromatic rings. The van der Waals surface area contributed by atoms with Crippen LogP contribution in [0.1, 0.15) is 45.8 Å². The lowest BCUT2D eigenvalue weighted by Crippen LogP contribution is -2.27. The van der Waals surface area contributed by atoms with E-state index in [9.17, 15) is 4.79 Å². The largest absolute Gasteiger partial charge is 0.382 e. The van der Waals surface area contributed by atoms with E-state index in [1.165, 1.54) is 11.1 Å². The fourth-order valence-electron chi connectivity index (χ4n) is 3.57. The molecule has 4 rings (SSSR count). The van der Waals surface area contributed by atoms with Crippen LogP contribution in [0.4, 0.5) is 5.82 Å². The lowest BCUT2D eigenvalue weighted by molar-refractivity contribution is 0.0937. The molecule has 1 heterocycles. The SMILES string of the molecule is Nc1ncc(-c2cccc(C(=O)N[C@H]3CCc4ccccc43)c2)nc1C(N)N. The third-order valence-electron chi connectivity index (χ3n) is 5.00. The van der Waals surface area contributed by atoms with E-state index in [0.717, 1.165) is 18.4 Å². The number of aromatic nitrogens is 2. The molecule has 1 aliphatic carbocycles. The number of carbonyl (C=O) groups is 1. The minimum absolute atomic E-state index is 0.0329. The topological polar surface area (TPSA) is 133 Å². The van der Waals surface area contributed by atoms with Gasteiger partial charge >= 0.3 is 0 Å². The van der Waals surface area contributed by atoms with Crippen LogP contribution < -0.4 is 22.5 Å². The lowest BCUT2D eigenvalue weighted by atomic mass is 10.1. The van der Waals surface area contributed by atoms with E-state index in [-0.39, 0.29) is 17.8 Å². The second-order valence-electron chi connectivity index (χ2n) is 6.90. The molecule has 0 bridgehead atoms. The molecular formula is C21H22N6O. The summed E-state index contributed by atoms with van der Waals surface area (Å²) in [5.41, 5.74) is 21.9. The van der Waals surface area contributed by atoms with Crippen LogP contribution in [0.3, 0.4) is 0 Å². The molecule has 0 saturated carbocycles. The fourth-order valence-corrected chi connectivity index (χ4v) is 3.57. The van der Waals surface area contributed by atoms with Gasteiger partial charge in [0.1, 0.15) is 11.5 Å². The third kappa shape index (κ3) is 3.45. The molecule has 1 aromatic heterocycles. The first kappa shape index (κ1) is 18.1. The average Bonchev–Trinajstić information content (AvgIpc) is 3.11. The van der Waals surface area contributed by atoms with Crippen molar-refractivity contribution in [3.8, 4) is 11.3 Å². The van der Waals surface area contributed by atoms with E-state index in [4.69, 9.17) is 17.2 Å². The summed E-state index contributed by atoms with van der Waals surface area (Å²) in [5, 5.41) is 3.13. The van der Waals surface area contributed by atoms with Gasteiger partial charge in [-0.1, -0.05) is 36.4 Å². The van der Waals surface area contributed by atoms with Gasteiger partial charge in [0.25, 0.3) is 5.91 Å². The smallest absolute Gasteiger partial charge is 0.251 e. The Hall–Kier alpha value is -3.29. The summed E-state index contributed by atoms with van der Waals surface area (Å²) in [4.78, 5) is 21.3. The van der Waals surface area contributed by atoms with Crippen molar-refractivity contribution in [3.05, 3.63) is 77.1 Å². The molecule has 0 spiro atoms. The summed E-state index contributed by atoms with van der Waals surface area (Å²) in [6, 6.07) is 15.5. The number of nitrogens with one attached hydrogen (secondary N) is 1. The normalized spacial score (nSPS) is 15.5. The number of benzene rings is 2. The minimum Gasteiger partial charge on any atom is -0.382 e. The van der Waals surface area contributed by atoms with Crippen molar-refractivity contribution in [2.24, 2.45) is 11.5 Å². The van der Waals surface area contributed by atoms with Crippen molar-refractivity contribution in [2.75, 3.05) is 5.73 Å². The van der Waals surface area contributed by atoms with Crippen molar-refractivity contribution in [1.82, 2.24) is 15.3 Å². The molecule has 28 heavy (non-hydrogen) atoms. The Labute approximate surface area is 163 Å². The van der Waals surface area contributed by atoms with Crippen molar-refractivity contribution in [2.45, 2.75) is 25.0 Å². The van der Waals surface area contributed by atoms with Gasteiger partial charge in [-0.05, 0) is 36.1 Å². The van der Waals surface area contributed by atoms with Crippen LogP contribution in [0.25, 0.3) is 11.3 Å². The molecule has 0 aliphatic heterocycles. The first-order chi connectivity index (χ1) is 13.5. The molecule has 7 heteroatoms. The van der Waals surface area contributed by atoms with Crippen LogP contribution in [0.15, 0.2) is 54.7 Å². The predicted molar refractivity (Wildman–Crippen MR) is 108 cm³/mol. The Bertz CT molecular complexity index is 1030. The number of anilines is 1. The molecule has 7 N–H and O–H groups in total. The van der Waals surface area contributed by atoms with Crippen molar-refractivity contribution < 1.29 is 4.79 Å². The van der Waals surface area contributed by atoms with Crippen molar-refractivity contribution in [3.63, 3.8) is 0 Å². The number of nitrogen functional groups attached to an aromatic ring is 1. The van der Waals surface area contributed by atoms with Crippen LogP contribution >= 0.6 is 0 Å².